The maximum Gasteiger partial charge on any atom is 0.231 e. The van der Waals surface area contributed by atoms with Crippen LogP contribution in [-0.2, 0) is 0 Å². The van der Waals surface area contributed by atoms with E-state index in [0.717, 1.165) is 50.8 Å². The Bertz CT molecular complexity index is 1070. The lowest BCUT2D eigenvalue weighted by Gasteiger charge is -2.10. The predicted molar refractivity (Wildman–Crippen MR) is 99.6 cm³/mol. The van der Waals surface area contributed by atoms with E-state index >= 15 is 0 Å². The van der Waals surface area contributed by atoms with Crippen molar-refractivity contribution < 1.29 is 14.2 Å². The van der Waals surface area contributed by atoms with Gasteiger partial charge in [-0.05, 0) is 47.5 Å². The number of benzene rings is 3. The molecule has 5 nitrogen and oxygen atoms in total. The average molecular weight is 344 g/mol. The first-order valence-electron chi connectivity index (χ1n) is 8.35. The summed E-state index contributed by atoms with van der Waals surface area (Å²) in [5.74, 6) is 3.10. The summed E-state index contributed by atoms with van der Waals surface area (Å²) in [6.07, 6.45) is 0. The van der Waals surface area contributed by atoms with Gasteiger partial charge in [0.25, 0.3) is 0 Å². The van der Waals surface area contributed by atoms with Crippen molar-refractivity contribution in [3.8, 4) is 39.8 Å². The van der Waals surface area contributed by atoms with Crippen LogP contribution in [0.4, 0.5) is 0 Å². The van der Waals surface area contributed by atoms with E-state index in [1.165, 1.54) is 0 Å². The molecular weight excluding hydrogens is 328 g/mol. The second-order valence-corrected chi connectivity index (χ2v) is 6.08. The molecule has 0 radical (unpaired) electrons. The predicted octanol–water partition coefficient (Wildman–Crippen LogP) is 4.63. The van der Waals surface area contributed by atoms with Crippen LogP contribution in [0.15, 0.2) is 60.7 Å². The van der Waals surface area contributed by atoms with E-state index in [4.69, 9.17) is 19.2 Å². The fourth-order valence-corrected chi connectivity index (χ4v) is 3.23. The van der Waals surface area contributed by atoms with Gasteiger partial charge in [0, 0.05) is 5.56 Å². The van der Waals surface area contributed by atoms with Crippen molar-refractivity contribution in [2.24, 2.45) is 0 Å². The zero-order chi connectivity index (χ0) is 17.5. The van der Waals surface area contributed by atoms with E-state index < -0.39 is 0 Å². The molecule has 5 rings (SSSR count). The number of para-hydroxylation sites is 2. The molecule has 128 valence electrons. The van der Waals surface area contributed by atoms with Crippen LogP contribution in [0.2, 0.25) is 0 Å². The molecule has 1 aliphatic heterocycles. The number of nitrogens with zero attached hydrogens (tertiary/aromatic N) is 1. The van der Waals surface area contributed by atoms with Gasteiger partial charge >= 0.3 is 0 Å². The van der Waals surface area contributed by atoms with Gasteiger partial charge in [0.1, 0.15) is 11.6 Å². The summed E-state index contributed by atoms with van der Waals surface area (Å²) in [6.45, 7) is 0.237. The third kappa shape index (κ3) is 2.37. The highest BCUT2D eigenvalue weighted by Gasteiger charge is 2.20. The van der Waals surface area contributed by atoms with Gasteiger partial charge in [-0.25, -0.2) is 4.98 Å². The van der Waals surface area contributed by atoms with Crippen LogP contribution >= 0.6 is 0 Å². The standard InChI is InChI=1S/C21H16N2O3/c1-24-14-8-6-13(7-9-14)15-10-19-20(26-12-25-19)11-16(15)21-22-17-4-2-3-5-18(17)23-21/h2-11H,12H2,1H3,(H,22,23). The number of ether oxygens (including phenoxy) is 3. The molecule has 5 heteroatoms. The fraction of sp³-hybridized carbons (Fsp3) is 0.0952. The molecule has 1 aromatic heterocycles. The number of rotatable bonds is 3. The lowest BCUT2D eigenvalue weighted by molar-refractivity contribution is 0.174. The summed E-state index contributed by atoms with van der Waals surface area (Å²) in [5, 5.41) is 0. The van der Waals surface area contributed by atoms with Crippen molar-refractivity contribution in [3.63, 3.8) is 0 Å². The Morgan fingerprint density at radius 1 is 0.923 bits per heavy atom. The van der Waals surface area contributed by atoms with E-state index in [1.54, 1.807) is 7.11 Å². The van der Waals surface area contributed by atoms with Gasteiger partial charge in [-0.1, -0.05) is 24.3 Å². The lowest BCUT2D eigenvalue weighted by Crippen LogP contribution is -1.92. The van der Waals surface area contributed by atoms with E-state index in [-0.39, 0.29) is 6.79 Å². The monoisotopic (exact) mass is 344 g/mol. The Morgan fingerprint density at radius 3 is 2.38 bits per heavy atom. The highest BCUT2D eigenvalue weighted by Crippen LogP contribution is 2.42. The highest BCUT2D eigenvalue weighted by molar-refractivity contribution is 5.87. The Morgan fingerprint density at radius 2 is 1.65 bits per heavy atom. The molecule has 0 amide bonds. The number of hydrogen-bond acceptors (Lipinski definition) is 4. The van der Waals surface area contributed by atoms with Crippen LogP contribution in [0, 0.1) is 0 Å². The largest absolute Gasteiger partial charge is 0.497 e. The third-order valence-electron chi connectivity index (χ3n) is 4.56. The zero-order valence-corrected chi connectivity index (χ0v) is 14.2. The van der Waals surface area contributed by atoms with Crippen LogP contribution in [0.3, 0.4) is 0 Å². The minimum absolute atomic E-state index is 0.237. The highest BCUT2D eigenvalue weighted by atomic mass is 16.7. The van der Waals surface area contributed by atoms with Crippen molar-refractivity contribution in [1.82, 2.24) is 9.97 Å². The first kappa shape index (κ1) is 14.8. The maximum absolute atomic E-state index is 5.58. The van der Waals surface area contributed by atoms with Crippen molar-refractivity contribution in [2.75, 3.05) is 13.9 Å². The molecule has 1 aliphatic rings. The SMILES string of the molecule is COc1ccc(-c2cc3c(cc2-c2nc4ccccc4[nH]2)OCO3)cc1. The van der Waals surface area contributed by atoms with Gasteiger partial charge in [-0.2, -0.15) is 0 Å². The topological polar surface area (TPSA) is 56.4 Å². The molecule has 4 aromatic rings. The molecule has 26 heavy (non-hydrogen) atoms. The van der Waals surface area contributed by atoms with Crippen LogP contribution < -0.4 is 14.2 Å². The van der Waals surface area contributed by atoms with Gasteiger partial charge in [0.05, 0.1) is 18.1 Å². The van der Waals surface area contributed by atoms with Crippen LogP contribution in [-0.4, -0.2) is 23.9 Å². The molecule has 0 unspecified atom stereocenters. The summed E-state index contributed by atoms with van der Waals surface area (Å²) in [7, 11) is 1.66. The number of aromatic amines is 1. The summed E-state index contributed by atoms with van der Waals surface area (Å²) >= 11 is 0. The summed E-state index contributed by atoms with van der Waals surface area (Å²) in [6, 6.07) is 19.9. The second-order valence-electron chi connectivity index (χ2n) is 6.08. The van der Waals surface area contributed by atoms with Gasteiger partial charge < -0.3 is 19.2 Å². The Hall–Kier alpha value is -3.47. The van der Waals surface area contributed by atoms with E-state index in [9.17, 15) is 0 Å². The maximum atomic E-state index is 5.58. The summed E-state index contributed by atoms with van der Waals surface area (Å²) in [4.78, 5) is 8.16. The van der Waals surface area contributed by atoms with Crippen molar-refractivity contribution >= 4 is 11.0 Å². The molecule has 0 saturated carbocycles. The van der Waals surface area contributed by atoms with Gasteiger partial charge in [0.2, 0.25) is 6.79 Å². The van der Waals surface area contributed by atoms with E-state index in [1.807, 2.05) is 60.7 Å². The Kier molecular flexibility index (Phi) is 3.31. The van der Waals surface area contributed by atoms with Crippen LogP contribution in [0.5, 0.6) is 17.2 Å². The summed E-state index contributed by atoms with van der Waals surface area (Å²) in [5.41, 5.74) is 4.98. The number of nitrogens with one attached hydrogen (secondary N) is 1. The Balaban J connectivity index is 1.72. The normalized spacial score (nSPS) is 12.5. The van der Waals surface area contributed by atoms with Crippen molar-refractivity contribution in [3.05, 3.63) is 60.7 Å². The second kappa shape index (κ2) is 5.81. The molecule has 3 aromatic carbocycles. The zero-order valence-electron chi connectivity index (χ0n) is 14.2. The van der Waals surface area contributed by atoms with Crippen molar-refractivity contribution in [1.29, 1.82) is 0 Å². The van der Waals surface area contributed by atoms with Gasteiger partial charge in [-0.3, -0.25) is 0 Å². The number of methoxy groups -OCH3 is 1. The van der Waals surface area contributed by atoms with Gasteiger partial charge in [0.15, 0.2) is 11.5 Å². The fourth-order valence-electron chi connectivity index (χ4n) is 3.23. The molecule has 0 fully saturated rings. The third-order valence-corrected chi connectivity index (χ3v) is 4.56. The first-order valence-corrected chi connectivity index (χ1v) is 8.35. The van der Waals surface area contributed by atoms with Crippen LogP contribution in [0.25, 0.3) is 33.5 Å². The molecule has 0 atom stereocenters. The average Bonchev–Trinajstić information content (AvgIpc) is 3.33. The van der Waals surface area contributed by atoms with Crippen molar-refractivity contribution in [2.45, 2.75) is 0 Å². The number of hydrogen-bond donors (Lipinski definition) is 1. The number of imidazole rings is 1. The number of H-pyrrole nitrogens is 1. The van der Waals surface area contributed by atoms with Gasteiger partial charge in [-0.15, -0.1) is 0 Å². The quantitative estimate of drug-likeness (QED) is 0.588. The molecular formula is C21H16N2O3. The van der Waals surface area contributed by atoms with Crippen LogP contribution in [0.1, 0.15) is 0 Å². The number of aromatic nitrogens is 2. The number of fused-ring (bicyclic) bond motifs is 2. The van der Waals surface area contributed by atoms with E-state index in [0.29, 0.717) is 0 Å². The Labute approximate surface area is 150 Å². The molecule has 0 spiro atoms. The summed E-state index contributed by atoms with van der Waals surface area (Å²) < 4.78 is 16.4. The first-order chi connectivity index (χ1) is 12.8. The molecule has 2 heterocycles. The molecule has 1 N–H and O–H groups in total. The lowest BCUT2D eigenvalue weighted by atomic mass is 9.98. The minimum Gasteiger partial charge on any atom is -0.497 e. The minimum atomic E-state index is 0.237. The molecule has 0 aliphatic carbocycles. The van der Waals surface area contributed by atoms with E-state index in [2.05, 4.69) is 4.98 Å². The molecule has 0 bridgehead atoms. The smallest absolute Gasteiger partial charge is 0.231 e. The molecule has 0 saturated heterocycles.